The Balaban J connectivity index is 1.67. The summed E-state index contributed by atoms with van der Waals surface area (Å²) in [6.45, 7) is 0. The zero-order chi connectivity index (χ0) is 23.0. The third kappa shape index (κ3) is 4.27. The molecule has 1 aromatic heterocycles. The van der Waals surface area contributed by atoms with E-state index in [4.69, 9.17) is 16.3 Å². The van der Waals surface area contributed by atoms with Crippen molar-refractivity contribution in [3.8, 4) is 5.75 Å². The molecule has 174 valence electrons. The molecule has 2 aromatic rings. The smallest absolute Gasteiger partial charge is 0.410 e. The van der Waals surface area contributed by atoms with Gasteiger partial charge in [0.2, 0.25) is 0 Å². The number of alkyl halides is 3. The van der Waals surface area contributed by atoms with E-state index in [0.29, 0.717) is 11.3 Å². The van der Waals surface area contributed by atoms with Crippen LogP contribution >= 0.6 is 11.6 Å². The Morgan fingerprint density at radius 3 is 2.47 bits per heavy atom. The molecule has 10 heteroatoms. The Morgan fingerprint density at radius 2 is 1.88 bits per heavy atom. The van der Waals surface area contributed by atoms with E-state index < -0.39 is 24.2 Å². The predicted molar refractivity (Wildman–Crippen MR) is 115 cm³/mol. The standard InChI is InChI=1S/C22H26ClF3N4O2/c1-29(14-6-4-3-5-7-14)21(31)19-18(23)20-27-16(13-8-10-15(32-2)11-9-13)12-17(22(24,25)26)30(20)28-19/h8-11,14,16-17,27H,3-7,12H2,1-2H3/t16-,17-/m1/s1. The van der Waals surface area contributed by atoms with E-state index in [1.807, 2.05) is 0 Å². The van der Waals surface area contributed by atoms with Crippen LogP contribution in [0.2, 0.25) is 5.02 Å². The Labute approximate surface area is 189 Å². The van der Waals surface area contributed by atoms with Crippen molar-refractivity contribution in [2.24, 2.45) is 0 Å². The largest absolute Gasteiger partial charge is 0.497 e. The van der Waals surface area contributed by atoms with Crippen molar-refractivity contribution in [3.05, 3.63) is 40.5 Å². The maximum absolute atomic E-state index is 14.0. The third-order valence-corrected chi connectivity index (χ3v) is 6.82. The number of nitrogens with one attached hydrogen (secondary N) is 1. The Hall–Kier alpha value is -2.42. The number of hydrogen-bond acceptors (Lipinski definition) is 4. The van der Waals surface area contributed by atoms with Gasteiger partial charge in [0.25, 0.3) is 5.91 Å². The lowest BCUT2D eigenvalue weighted by molar-refractivity contribution is -0.173. The second kappa shape index (κ2) is 8.84. The summed E-state index contributed by atoms with van der Waals surface area (Å²) in [7, 11) is 3.19. The number of carbonyl (C=O) groups excluding carboxylic acids is 1. The molecule has 4 rings (SSSR count). The molecular formula is C22H26ClF3N4O2. The molecule has 0 saturated heterocycles. The quantitative estimate of drug-likeness (QED) is 0.631. The summed E-state index contributed by atoms with van der Waals surface area (Å²) in [5.74, 6) is 0.174. The van der Waals surface area contributed by atoms with E-state index in [1.54, 1.807) is 36.2 Å². The number of amides is 1. The van der Waals surface area contributed by atoms with Crippen molar-refractivity contribution < 1.29 is 22.7 Å². The van der Waals surface area contributed by atoms with Gasteiger partial charge in [-0.25, -0.2) is 4.68 Å². The number of halogens is 4. The average molecular weight is 471 g/mol. The van der Waals surface area contributed by atoms with Gasteiger partial charge in [0.1, 0.15) is 16.6 Å². The second-order valence-electron chi connectivity index (χ2n) is 8.43. The third-order valence-electron chi connectivity index (χ3n) is 6.46. The number of carbonyl (C=O) groups is 1. The van der Waals surface area contributed by atoms with Gasteiger partial charge in [-0.3, -0.25) is 4.79 Å². The molecule has 1 amide bonds. The van der Waals surface area contributed by atoms with Gasteiger partial charge in [0.15, 0.2) is 11.7 Å². The summed E-state index contributed by atoms with van der Waals surface area (Å²) in [5, 5.41) is 7.05. The number of benzene rings is 1. The zero-order valence-electron chi connectivity index (χ0n) is 18.0. The number of anilines is 1. The van der Waals surface area contributed by atoms with Crippen molar-refractivity contribution in [2.75, 3.05) is 19.5 Å². The van der Waals surface area contributed by atoms with Gasteiger partial charge in [-0.2, -0.15) is 18.3 Å². The molecule has 0 unspecified atom stereocenters. The van der Waals surface area contributed by atoms with Crippen molar-refractivity contribution in [1.29, 1.82) is 0 Å². The lowest BCUT2D eigenvalue weighted by Crippen LogP contribution is -2.39. The highest BCUT2D eigenvalue weighted by Gasteiger charge is 2.48. The Morgan fingerprint density at radius 1 is 1.22 bits per heavy atom. The summed E-state index contributed by atoms with van der Waals surface area (Å²) in [6.07, 6.45) is 0.0993. The van der Waals surface area contributed by atoms with Gasteiger partial charge >= 0.3 is 6.18 Å². The molecule has 2 atom stereocenters. The zero-order valence-corrected chi connectivity index (χ0v) is 18.7. The minimum atomic E-state index is -4.55. The number of nitrogens with zero attached hydrogens (tertiary/aromatic N) is 3. The second-order valence-corrected chi connectivity index (χ2v) is 8.80. The van der Waals surface area contributed by atoms with E-state index in [2.05, 4.69) is 10.4 Å². The molecule has 1 aliphatic carbocycles. The van der Waals surface area contributed by atoms with Crippen LogP contribution in [0.3, 0.4) is 0 Å². The van der Waals surface area contributed by atoms with Crippen LogP contribution in [-0.4, -0.2) is 47.0 Å². The van der Waals surface area contributed by atoms with Crippen LogP contribution in [0.25, 0.3) is 0 Å². The highest BCUT2D eigenvalue weighted by molar-refractivity contribution is 6.36. The first-order chi connectivity index (χ1) is 15.2. The van der Waals surface area contributed by atoms with Crippen LogP contribution in [0.15, 0.2) is 24.3 Å². The van der Waals surface area contributed by atoms with E-state index >= 15 is 0 Å². The fourth-order valence-corrected chi connectivity index (χ4v) is 4.84. The van der Waals surface area contributed by atoms with Crippen LogP contribution in [0.4, 0.5) is 19.0 Å². The number of fused-ring (bicyclic) bond motifs is 1. The van der Waals surface area contributed by atoms with Gasteiger partial charge in [0, 0.05) is 19.5 Å². The highest BCUT2D eigenvalue weighted by atomic mass is 35.5. The first-order valence-electron chi connectivity index (χ1n) is 10.7. The van der Waals surface area contributed by atoms with Gasteiger partial charge in [0.05, 0.1) is 13.2 Å². The van der Waals surface area contributed by atoms with E-state index in [-0.39, 0.29) is 29.0 Å². The predicted octanol–water partition coefficient (Wildman–Crippen LogP) is 5.61. The van der Waals surface area contributed by atoms with E-state index in [9.17, 15) is 18.0 Å². The summed E-state index contributed by atoms with van der Waals surface area (Å²) in [6, 6.07) is 4.32. The van der Waals surface area contributed by atoms with Gasteiger partial charge in [-0.1, -0.05) is 43.0 Å². The summed E-state index contributed by atoms with van der Waals surface area (Å²) >= 11 is 6.46. The summed E-state index contributed by atoms with van der Waals surface area (Å²) < 4.78 is 47.9. The average Bonchev–Trinajstić information content (AvgIpc) is 3.13. The Bertz CT molecular complexity index is 971. The van der Waals surface area contributed by atoms with Crippen LogP contribution in [-0.2, 0) is 0 Å². The molecule has 0 bridgehead atoms. The molecule has 1 fully saturated rings. The van der Waals surface area contributed by atoms with Crippen molar-refractivity contribution in [1.82, 2.24) is 14.7 Å². The van der Waals surface area contributed by atoms with Crippen LogP contribution in [0.5, 0.6) is 5.75 Å². The summed E-state index contributed by atoms with van der Waals surface area (Å²) in [4.78, 5) is 14.7. The number of rotatable bonds is 4. The lowest BCUT2D eigenvalue weighted by Gasteiger charge is -2.33. The molecule has 32 heavy (non-hydrogen) atoms. The minimum Gasteiger partial charge on any atom is -0.497 e. The van der Waals surface area contributed by atoms with Gasteiger partial charge in [-0.15, -0.1) is 0 Å². The first-order valence-corrected chi connectivity index (χ1v) is 11.1. The Kier molecular flexibility index (Phi) is 6.29. The van der Waals surface area contributed by atoms with Crippen molar-refractivity contribution in [2.45, 2.75) is 62.8 Å². The number of hydrogen-bond donors (Lipinski definition) is 1. The monoisotopic (exact) mass is 470 g/mol. The molecule has 0 radical (unpaired) electrons. The SMILES string of the molecule is COc1ccc([C@H]2C[C@H](C(F)(F)F)n3nc(C(=O)N(C)C4CCCCC4)c(Cl)c3N2)cc1. The number of aromatic nitrogens is 2. The van der Waals surface area contributed by atoms with Crippen molar-refractivity contribution >= 4 is 23.3 Å². The maximum atomic E-state index is 14.0. The van der Waals surface area contributed by atoms with Crippen LogP contribution in [0, 0.1) is 0 Å². The number of methoxy groups -OCH3 is 1. The van der Waals surface area contributed by atoms with Gasteiger partial charge in [-0.05, 0) is 30.5 Å². The van der Waals surface area contributed by atoms with E-state index in [0.717, 1.165) is 36.8 Å². The lowest BCUT2D eigenvalue weighted by atomic mass is 9.94. The van der Waals surface area contributed by atoms with Crippen LogP contribution < -0.4 is 10.1 Å². The fraction of sp³-hybridized carbons (Fsp3) is 0.545. The highest BCUT2D eigenvalue weighted by Crippen LogP contribution is 2.46. The molecule has 1 saturated carbocycles. The molecule has 6 nitrogen and oxygen atoms in total. The minimum absolute atomic E-state index is 0.0152. The molecule has 2 heterocycles. The maximum Gasteiger partial charge on any atom is 0.410 e. The molecule has 1 aromatic carbocycles. The topological polar surface area (TPSA) is 59.4 Å². The molecule has 2 aliphatic rings. The van der Waals surface area contributed by atoms with Crippen molar-refractivity contribution in [3.63, 3.8) is 0 Å². The van der Waals surface area contributed by atoms with Crippen LogP contribution in [0.1, 0.15) is 66.7 Å². The molecule has 0 spiro atoms. The number of ether oxygens (including phenoxy) is 1. The first kappa shape index (κ1) is 22.8. The normalized spacial score (nSPS) is 21.6. The fourth-order valence-electron chi connectivity index (χ4n) is 4.58. The van der Waals surface area contributed by atoms with E-state index in [1.165, 1.54) is 7.11 Å². The molecular weight excluding hydrogens is 445 g/mol. The van der Waals surface area contributed by atoms with Gasteiger partial charge < -0.3 is 15.0 Å². The molecule has 1 N–H and O–H groups in total. The molecule has 1 aliphatic heterocycles. The summed E-state index contributed by atoms with van der Waals surface area (Å²) in [5.41, 5.74) is 0.516.